The molecule has 0 atom stereocenters. The number of carbonyl (C=O) groups is 1. The number of methoxy groups -OCH3 is 1. The number of aryl methyl sites for hydroxylation is 1. The highest BCUT2D eigenvalue weighted by Crippen LogP contribution is 2.22. The standard InChI is InChI=1S/C10H10Cl2O2/c1-6-3-7(12)4-8(9(6)5-11)10(13)14-2/h3-4H,5H2,1-2H3. The Hall–Kier alpha value is -0.730. The molecule has 0 amide bonds. The molecule has 0 unspecified atom stereocenters. The van der Waals surface area contributed by atoms with E-state index in [9.17, 15) is 4.79 Å². The van der Waals surface area contributed by atoms with E-state index in [0.717, 1.165) is 11.1 Å². The van der Waals surface area contributed by atoms with Crippen molar-refractivity contribution in [2.75, 3.05) is 7.11 Å². The summed E-state index contributed by atoms with van der Waals surface area (Å²) in [5, 5.41) is 0.511. The van der Waals surface area contributed by atoms with Crippen molar-refractivity contribution in [3.05, 3.63) is 33.8 Å². The van der Waals surface area contributed by atoms with Gasteiger partial charge in [0.15, 0.2) is 0 Å². The first kappa shape index (κ1) is 11.3. The van der Waals surface area contributed by atoms with Crippen LogP contribution in [0.5, 0.6) is 0 Å². The third-order valence-corrected chi connectivity index (χ3v) is 2.46. The van der Waals surface area contributed by atoms with E-state index in [-0.39, 0.29) is 5.88 Å². The predicted molar refractivity (Wildman–Crippen MR) is 57.1 cm³/mol. The van der Waals surface area contributed by atoms with Crippen LogP contribution in [-0.4, -0.2) is 13.1 Å². The van der Waals surface area contributed by atoms with Gasteiger partial charge in [0.2, 0.25) is 0 Å². The van der Waals surface area contributed by atoms with Crippen molar-refractivity contribution >= 4 is 29.2 Å². The lowest BCUT2D eigenvalue weighted by Crippen LogP contribution is -2.06. The van der Waals surface area contributed by atoms with Gasteiger partial charge in [0, 0.05) is 10.9 Å². The first-order valence-electron chi connectivity index (χ1n) is 4.03. The molecule has 1 rings (SSSR count). The van der Waals surface area contributed by atoms with E-state index in [1.54, 1.807) is 12.1 Å². The number of rotatable bonds is 2. The summed E-state index contributed by atoms with van der Waals surface area (Å²) in [6.45, 7) is 1.86. The smallest absolute Gasteiger partial charge is 0.338 e. The maximum Gasteiger partial charge on any atom is 0.338 e. The van der Waals surface area contributed by atoms with E-state index in [4.69, 9.17) is 23.2 Å². The van der Waals surface area contributed by atoms with Crippen LogP contribution in [0.1, 0.15) is 21.5 Å². The van der Waals surface area contributed by atoms with Gasteiger partial charge in [0.1, 0.15) is 0 Å². The zero-order chi connectivity index (χ0) is 10.7. The van der Waals surface area contributed by atoms with Crippen LogP contribution >= 0.6 is 23.2 Å². The molecular formula is C10H10Cl2O2. The van der Waals surface area contributed by atoms with Gasteiger partial charge in [-0.25, -0.2) is 4.79 Å². The van der Waals surface area contributed by atoms with E-state index >= 15 is 0 Å². The lowest BCUT2D eigenvalue weighted by atomic mass is 10.0. The largest absolute Gasteiger partial charge is 0.465 e. The molecule has 0 fully saturated rings. The zero-order valence-electron chi connectivity index (χ0n) is 7.93. The predicted octanol–water partition coefficient (Wildman–Crippen LogP) is 3.17. The van der Waals surface area contributed by atoms with Gasteiger partial charge < -0.3 is 4.74 Å². The summed E-state index contributed by atoms with van der Waals surface area (Å²) >= 11 is 11.6. The summed E-state index contributed by atoms with van der Waals surface area (Å²) in [6.07, 6.45) is 0. The quantitative estimate of drug-likeness (QED) is 0.579. The molecule has 0 saturated carbocycles. The summed E-state index contributed by atoms with van der Waals surface area (Å²) in [7, 11) is 1.33. The summed E-state index contributed by atoms with van der Waals surface area (Å²) in [6, 6.07) is 3.34. The SMILES string of the molecule is COC(=O)c1cc(Cl)cc(C)c1CCl. The highest BCUT2D eigenvalue weighted by atomic mass is 35.5. The molecule has 0 aliphatic carbocycles. The maximum absolute atomic E-state index is 11.4. The van der Waals surface area contributed by atoms with E-state index in [0.29, 0.717) is 10.6 Å². The number of ether oxygens (including phenoxy) is 1. The second-order valence-electron chi connectivity index (χ2n) is 2.87. The van der Waals surface area contributed by atoms with E-state index in [1.807, 2.05) is 6.92 Å². The molecule has 0 bridgehead atoms. The van der Waals surface area contributed by atoms with Gasteiger partial charge >= 0.3 is 5.97 Å². The number of benzene rings is 1. The molecule has 1 aromatic rings. The number of hydrogen-bond donors (Lipinski definition) is 0. The molecule has 0 saturated heterocycles. The Morgan fingerprint density at radius 3 is 2.64 bits per heavy atom. The van der Waals surface area contributed by atoms with Crippen LogP contribution in [0.25, 0.3) is 0 Å². The van der Waals surface area contributed by atoms with Crippen LogP contribution < -0.4 is 0 Å². The first-order valence-corrected chi connectivity index (χ1v) is 4.94. The lowest BCUT2D eigenvalue weighted by molar-refractivity contribution is 0.0599. The van der Waals surface area contributed by atoms with Crippen molar-refractivity contribution in [3.8, 4) is 0 Å². The average molecular weight is 233 g/mol. The summed E-state index contributed by atoms with van der Waals surface area (Å²) < 4.78 is 4.63. The lowest BCUT2D eigenvalue weighted by Gasteiger charge is -2.08. The summed E-state index contributed by atoms with van der Waals surface area (Å²) in [5.41, 5.74) is 2.10. The molecule has 0 spiro atoms. The van der Waals surface area contributed by atoms with Crippen molar-refractivity contribution in [2.45, 2.75) is 12.8 Å². The maximum atomic E-state index is 11.4. The highest BCUT2D eigenvalue weighted by Gasteiger charge is 2.14. The Bertz CT molecular complexity index is 361. The van der Waals surface area contributed by atoms with Crippen molar-refractivity contribution in [1.29, 1.82) is 0 Å². The average Bonchev–Trinajstić information content (AvgIpc) is 2.15. The number of alkyl halides is 1. The molecule has 1 aromatic carbocycles. The molecule has 0 aromatic heterocycles. The Morgan fingerprint density at radius 1 is 1.50 bits per heavy atom. The third-order valence-electron chi connectivity index (χ3n) is 1.98. The van der Waals surface area contributed by atoms with Gasteiger partial charge in [-0.05, 0) is 30.2 Å². The third kappa shape index (κ3) is 2.20. The highest BCUT2D eigenvalue weighted by molar-refractivity contribution is 6.31. The fourth-order valence-electron chi connectivity index (χ4n) is 1.24. The van der Waals surface area contributed by atoms with Crippen molar-refractivity contribution in [1.82, 2.24) is 0 Å². The minimum absolute atomic E-state index is 0.271. The Kier molecular flexibility index (Phi) is 3.78. The molecule has 0 aliphatic heterocycles. The number of esters is 1. The molecule has 0 aliphatic rings. The van der Waals surface area contributed by atoms with Gasteiger partial charge in [-0.3, -0.25) is 0 Å². The Labute approximate surface area is 92.8 Å². The van der Waals surface area contributed by atoms with Crippen molar-refractivity contribution in [2.24, 2.45) is 0 Å². The normalized spacial score (nSPS) is 10.0. The molecule has 0 radical (unpaired) electrons. The number of halogens is 2. The van der Waals surface area contributed by atoms with Crippen molar-refractivity contribution < 1.29 is 9.53 Å². The minimum atomic E-state index is -0.411. The molecule has 0 heterocycles. The Morgan fingerprint density at radius 2 is 2.14 bits per heavy atom. The first-order chi connectivity index (χ1) is 6.60. The number of hydrogen-bond acceptors (Lipinski definition) is 2. The monoisotopic (exact) mass is 232 g/mol. The van der Waals surface area contributed by atoms with Gasteiger partial charge in [-0.1, -0.05) is 11.6 Å². The zero-order valence-corrected chi connectivity index (χ0v) is 9.45. The van der Waals surface area contributed by atoms with E-state index in [2.05, 4.69) is 4.74 Å². The van der Waals surface area contributed by atoms with Crippen LogP contribution in [0.15, 0.2) is 12.1 Å². The number of carbonyl (C=O) groups excluding carboxylic acids is 1. The molecular weight excluding hydrogens is 223 g/mol. The Balaban J connectivity index is 3.32. The molecule has 0 N–H and O–H groups in total. The molecule has 76 valence electrons. The van der Waals surface area contributed by atoms with Crippen LogP contribution in [0, 0.1) is 6.92 Å². The van der Waals surface area contributed by atoms with Gasteiger partial charge in [-0.2, -0.15) is 0 Å². The molecule has 2 nitrogen and oxygen atoms in total. The second-order valence-corrected chi connectivity index (χ2v) is 3.58. The van der Waals surface area contributed by atoms with E-state index < -0.39 is 5.97 Å². The van der Waals surface area contributed by atoms with Gasteiger partial charge in [-0.15, -0.1) is 11.6 Å². The van der Waals surface area contributed by atoms with E-state index in [1.165, 1.54) is 7.11 Å². The van der Waals surface area contributed by atoms with Gasteiger partial charge in [0.25, 0.3) is 0 Å². The minimum Gasteiger partial charge on any atom is -0.465 e. The summed E-state index contributed by atoms with van der Waals surface area (Å²) in [5.74, 6) is -0.140. The van der Waals surface area contributed by atoms with Crippen LogP contribution in [0.3, 0.4) is 0 Å². The van der Waals surface area contributed by atoms with Crippen molar-refractivity contribution in [3.63, 3.8) is 0 Å². The summed E-state index contributed by atoms with van der Waals surface area (Å²) in [4.78, 5) is 11.4. The van der Waals surface area contributed by atoms with Crippen LogP contribution in [0.4, 0.5) is 0 Å². The fraction of sp³-hybridized carbons (Fsp3) is 0.300. The van der Waals surface area contributed by atoms with Gasteiger partial charge in [0.05, 0.1) is 12.7 Å². The molecule has 14 heavy (non-hydrogen) atoms. The van der Waals surface area contributed by atoms with Crippen LogP contribution in [0.2, 0.25) is 5.02 Å². The topological polar surface area (TPSA) is 26.3 Å². The second kappa shape index (κ2) is 4.67. The fourth-order valence-corrected chi connectivity index (χ4v) is 1.87. The van der Waals surface area contributed by atoms with Crippen LogP contribution in [-0.2, 0) is 10.6 Å². The molecule has 4 heteroatoms.